The SMILES string of the molecule is COC(=O)C(c1ccc([N+](=O)[O-])cc1)[N+]1(C)CC=CCC1. The molecule has 1 aliphatic rings. The molecule has 0 radical (unpaired) electrons. The molecular formula is C15H19N2O4+. The van der Waals surface area contributed by atoms with Crippen molar-refractivity contribution in [1.29, 1.82) is 0 Å². The third-order valence-corrected chi connectivity index (χ3v) is 3.96. The fourth-order valence-corrected chi connectivity index (χ4v) is 2.77. The normalized spacial score (nSPS) is 22.6. The van der Waals surface area contributed by atoms with Crippen LogP contribution in [0.1, 0.15) is 18.0 Å². The van der Waals surface area contributed by atoms with Gasteiger partial charge in [0, 0.05) is 24.1 Å². The van der Waals surface area contributed by atoms with E-state index in [1.807, 2.05) is 7.05 Å². The van der Waals surface area contributed by atoms with Gasteiger partial charge in [-0.1, -0.05) is 6.08 Å². The number of benzene rings is 1. The first kappa shape index (κ1) is 15.2. The zero-order valence-corrected chi connectivity index (χ0v) is 12.2. The molecule has 2 atom stereocenters. The Balaban J connectivity index is 2.38. The number of likely N-dealkylation sites (N-methyl/N-ethyl adjacent to an activating group) is 1. The summed E-state index contributed by atoms with van der Waals surface area (Å²) in [7, 11) is 3.37. The van der Waals surface area contributed by atoms with Crippen molar-refractivity contribution >= 4 is 11.7 Å². The van der Waals surface area contributed by atoms with E-state index >= 15 is 0 Å². The summed E-state index contributed by atoms with van der Waals surface area (Å²) in [5, 5.41) is 10.7. The number of esters is 1. The Hall–Kier alpha value is -2.21. The summed E-state index contributed by atoms with van der Waals surface area (Å²) in [6, 6.07) is 5.66. The highest BCUT2D eigenvalue weighted by Crippen LogP contribution is 2.31. The molecule has 0 amide bonds. The number of hydrogen-bond donors (Lipinski definition) is 0. The number of hydrogen-bond acceptors (Lipinski definition) is 4. The van der Waals surface area contributed by atoms with Gasteiger partial charge in [0.05, 0.1) is 32.2 Å². The van der Waals surface area contributed by atoms with Gasteiger partial charge in [0.2, 0.25) is 6.04 Å². The van der Waals surface area contributed by atoms with Crippen LogP contribution in [0, 0.1) is 10.1 Å². The molecule has 21 heavy (non-hydrogen) atoms. The first-order chi connectivity index (χ1) is 9.98. The second-order valence-electron chi connectivity index (χ2n) is 5.42. The molecule has 1 aliphatic heterocycles. The Morgan fingerprint density at radius 2 is 2.00 bits per heavy atom. The molecule has 0 bridgehead atoms. The second-order valence-corrected chi connectivity index (χ2v) is 5.42. The van der Waals surface area contributed by atoms with Gasteiger partial charge in [0.25, 0.3) is 5.69 Å². The molecule has 6 nitrogen and oxygen atoms in total. The van der Waals surface area contributed by atoms with Crippen molar-refractivity contribution < 1.29 is 18.9 Å². The quantitative estimate of drug-likeness (QED) is 0.280. The zero-order chi connectivity index (χ0) is 15.5. The number of carbonyl (C=O) groups excluding carboxylic acids is 1. The van der Waals surface area contributed by atoms with E-state index in [0.29, 0.717) is 4.48 Å². The van der Waals surface area contributed by atoms with Crippen LogP contribution in [0.15, 0.2) is 36.4 Å². The predicted octanol–water partition coefficient (Wildman–Crippen LogP) is 2.22. The molecule has 1 aromatic carbocycles. The van der Waals surface area contributed by atoms with Crippen LogP contribution in [-0.4, -0.2) is 42.6 Å². The van der Waals surface area contributed by atoms with Crippen LogP contribution in [0.25, 0.3) is 0 Å². The van der Waals surface area contributed by atoms with Crippen molar-refractivity contribution in [2.45, 2.75) is 12.5 Å². The Labute approximate surface area is 123 Å². The number of carbonyl (C=O) groups is 1. The van der Waals surface area contributed by atoms with Crippen molar-refractivity contribution in [2.24, 2.45) is 0 Å². The van der Waals surface area contributed by atoms with E-state index in [0.717, 1.165) is 25.1 Å². The summed E-state index contributed by atoms with van der Waals surface area (Å²) in [5.41, 5.74) is 0.758. The van der Waals surface area contributed by atoms with Crippen LogP contribution >= 0.6 is 0 Å². The number of quaternary nitrogens is 1. The standard InChI is InChI=1S/C15H19N2O4/c1-17(10-4-3-5-11-17)14(15(18)21-2)12-6-8-13(9-7-12)16(19)20/h3-4,6-9,14H,5,10-11H2,1-2H3/q+1. The lowest BCUT2D eigenvalue weighted by molar-refractivity contribution is -0.926. The maximum absolute atomic E-state index is 12.2. The van der Waals surface area contributed by atoms with E-state index in [-0.39, 0.29) is 11.7 Å². The molecule has 6 heteroatoms. The lowest BCUT2D eigenvalue weighted by atomic mass is 10.0. The number of non-ortho nitro benzene ring substituents is 1. The van der Waals surface area contributed by atoms with E-state index in [4.69, 9.17) is 4.74 Å². The van der Waals surface area contributed by atoms with Gasteiger partial charge in [-0.3, -0.25) is 10.1 Å². The van der Waals surface area contributed by atoms with E-state index in [2.05, 4.69) is 12.2 Å². The van der Waals surface area contributed by atoms with Crippen LogP contribution in [0.3, 0.4) is 0 Å². The minimum absolute atomic E-state index is 0.0172. The number of nitro groups is 1. The average molecular weight is 291 g/mol. The van der Waals surface area contributed by atoms with Crippen molar-refractivity contribution in [3.05, 3.63) is 52.1 Å². The fourth-order valence-electron chi connectivity index (χ4n) is 2.77. The zero-order valence-electron chi connectivity index (χ0n) is 12.2. The van der Waals surface area contributed by atoms with Gasteiger partial charge in [-0.25, -0.2) is 4.79 Å². The maximum Gasteiger partial charge on any atom is 0.369 e. The Kier molecular flexibility index (Phi) is 4.37. The number of nitrogens with zero attached hydrogens (tertiary/aromatic N) is 2. The molecule has 0 saturated carbocycles. The second kappa shape index (κ2) is 6.05. The van der Waals surface area contributed by atoms with Crippen LogP contribution in [0.5, 0.6) is 0 Å². The third kappa shape index (κ3) is 3.11. The van der Waals surface area contributed by atoms with E-state index in [9.17, 15) is 14.9 Å². The smallest absolute Gasteiger partial charge is 0.369 e. The highest BCUT2D eigenvalue weighted by Gasteiger charge is 2.40. The fraction of sp³-hybridized carbons (Fsp3) is 0.400. The van der Waals surface area contributed by atoms with Crippen molar-refractivity contribution in [1.82, 2.24) is 0 Å². The first-order valence-corrected chi connectivity index (χ1v) is 6.79. The van der Waals surface area contributed by atoms with E-state index in [1.54, 1.807) is 12.1 Å². The van der Waals surface area contributed by atoms with Gasteiger partial charge in [-0.2, -0.15) is 0 Å². The number of rotatable bonds is 4. The minimum Gasteiger partial charge on any atom is -0.464 e. The van der Waals surface area contributed by atoms with Crippen molar-refractivity contribution in [3.63, 3.8) is 0 Å². The first-order valence-electron chi connectivity index (χ1n) is 6.79. The largest absolute Gasteiger partial charge is 0.464 e. The van der Waals surface area contributed by atoms with E-state index in [1.165, 1.54) is 19.2 Å². The summed E-state index contributed by atoms with van der Waals surface area (Å²) < 4.78 is 5.47. The van der Waals surface area contributed by atoms with Crippen LogP contribution in [0.4, 0.5) is 5.69 Å². The molecule has 0 fully saturated rings. The third-order valence-electron chi connectivity index (χ3n) is 3.96. The summed E-state index contributed by atoms with van der Waals surface area (Å²) in [4.78, 5) is 22.5. The van der Waals surface area contributed by atoms with Crippen molar-refractivity contribution in [3.8, 4) is 0 Å². The molecule has 1 aromatic rings. The highest BCUT2D eigenvalue weighted by atomic mass is 16.6. The molecule has 0 aromatic heterocycles. The van der Waals surface area contributed by atoms with Gasteiger partial charge in [-0.05, 0) is 18.2 Å². The molecule has 2 unspecified atom stereocenters. The van der Waals surface area contributed by atoms with Crippen LogP contribution < -0.4 is 0 Å². The Morgan fingerprint density at radius 3 is 2.48 bits per heavy atom. The molecule has 0 spiro atoms. The predicted molar refractivity (Wildman–Crippen MR) is 77.5 cm³/mol. The molecule has 0 N–H and O–H groups in total. The molecule has 2 rings (SSSR count). The highest BCUT2D eigenvalue weighted by molar-refractivity contribution is 5.76. The summed E-state index contributed by atoms with van der Waals surface area (Å²) >= 11 is 0. The maximum atomic E-state index is 12.2. The van der Waals surface area contributed by atoms with Gasteiger partial charge in [0.15, 0.2) is 0 Å². The lowest BCUT2D eigenvalue weighted by Gasteiger charge is -2.40. The number of nitro benzene ring substituents is 1. The summed E-state index contributed by atoms with van der Waals surface area (Å²) in [5.74, 6) is -0.318. The van der Waals surface area contributed by atoms with Gasteiger partial charge in [0.1, 0.15) is 0 Å². The topological polar surface area (TPSA) is 69.4 Å². The van der Waals surface area contributed by atoms with Gasteiger partial charge >= 0.3 is 5.97 Å². The van der Waals surface area contributed by atoms with Crippen LogP contribution in [0.2, 0.25) is 0 Å². The Bertz CT molecular complexity index is 568. The molecule has 0 saturated heterocycles. The van der Waals surface area contributed by atoms with Crippen molar-refractivity contribution in [2.75, 3.05) is 27.2 Å². The molecule has 0 aliphatic carbocycles. The van der Waals surface area contributed by atoms with E-state index < -0.39 is 11.0 Å². The minimum atomic E-state index is -0.472. The average Bonchev–Trinajstić information content (AvgIpc) is 2.48. The Morgan fingerprint density at radius 1 is 1.33 bits per heavy atom. The van der Waals surface area contributed by atoms with Crippen LogP contribution in [-0.2, 0) is 9.53 Å². The lowest BCUT2D eigenvalue weighted by Crippen LogP contribution is -2.52. The number of ether oxygens (including phenoxy) is 1. The summed E-state index contributed by atoms with van der Waals surface area (Å²) in [6.45, 7) is 1.56. The molecule has 1 heterocycles. The molecule has 112 valence electrons. The summed E-state index contributed by atoms with van der Waals surface area (Å²) in [6.07, 6.45) is 5.06. The monoisotopic (exact) mass is 291 g/mol. The number of methoxy groups -OCH3 is 1. The van der Waals surface area contributed by atoms with Gasteiger partial charge in [-0.15, -0.1) is 0 Å². The molecular weight excluding hydrogens is 272 g/mol. The van der Waals surface area contributed by atoms with Gasteiger partial charge < -0.3 is 9.22 Å².